The van der Waals surface area contributed by atoms with Crippen molar-refractivity contribution in [3.63, 3.8) is 0 Å². The maximum Gasteiger partial charge on any atom is 0.248 e. The maximum atomic E-state index is 13.8. The standard InChI is InChI=1S/C27H29FN6O3/c1-36-14-15-37-18-26(35)34-12-10-33(11-13-34)21-5-3-20(4-6-21)31-27-29-9-8-25(32-27)23-17-30-24-7-2-19(28)16-22(23)24/h2-9,16-17,30H,10-15,18H2,1H3,(H,29,31,32). The molecule has 2 N–H and O–H groups in total. The highest BCUT2D eigenvalue weighted by Gasteiger charge is 2.21. The number of rotatable bonds is 9. The minimum atomic E-state index is -0.291. The van der Waals surface area contributed by atoms with E-state index in [9.17, 15) is 9.18 Å². The molecule has 192 valence electrons. The first kappa shape index (κ1) is 24.7. The lowest BCUT2D eigenvalue weighted by Crippen LogP contribution is -2.49. The average Bonchev–Trinajstić information content (AvgIpc) is 3.35. The molecule has 3 heterocycles. The SMILES string of the molecule is COCCOCC(=O)N1CCN(c2ccc(Nc3nccc(-c4c[nH]c5ccc(F)cc45)n3)cc2)CC1. The minimum absolute atomic E-state index is 0.00954. The van der Waals surface area contributed by atoms with Crippen molar-refractivity contribution >= 4 is 34.1 Å². The summed E-state index contributed by atoms with van der Waals surface area (Å²) in [6, 6.07) is 14.5. The zero-order valence-corrected chi connectivity index (χ0v) is 20.6. The van der Waals surface area contributed by atoms with Crippen LogP contribution in [-0.4, -0.2) is 78.9 Å². The Balaban J connectivity index is 1.18. The van der Waals surface area contributed by atoms with Crippen LogP contribution in [0.15, 0.2) is 60.9 Å². The number of anilines is 3. The molecule has 9 nitrogen and oxygen atoms in total. The first-order valence-corrected chi connectivity index (χ1v) is 12.2. The van der Waals surface area contributed by atoms with E-state index in [-0.39, 0.29) is 18.3 Å². The van der Waals surface area contributed by atoms with Crippen LogP contribution < -0.4 is 10.2 Å². The Bertz CT molecular complexity index is 1350. The van der Waals surface area contributed by atoms with Gasteiger partial charge in [-0.2, -0.15) is 0 Å². The van der Waals surface area contributed by atoms with Gasteiger partial charge >= 0.3 is 0 Å². The van der Waals surface area contributed by atoms with Gasteiger partial charge in [-0.1, -0.05) is 0 Å². The first-order chi connectivity index (χ1) is 18.1. The lowest BCUT2D eigenvalue weighted by atomic mass is 10.1. The Hall–Kier alpha value is -4.02. The van der Waals surface area contributed by atoms with Crippen LogP contribution in [0.4, 0.5) is 21.7 Å². The van der Waals surface area contributed by atoms with E-state index in [2.05, 4.69) is 25.2 Å². The third-order valence-electron chi connectivity index (χ3n) is 6.35. The Morgan fingerprint density at radius 3 is 2.68 bits per heavy atom. The summed E-state index contributed by atoms with van der Waals surface area (Å²) in [7, 11) is 1.61. The smallest absolute Gasteiger partial charge is 0.248 e. The molecule has 2 aromatic heterocycles. The van der Waals surface area contributed by atoms with Crippen molar-refractivity contribution in [1.29, 1.82) is 0 Å². The largest absolute Gasteiger partial charge is 0.382 e. The van der Waals surface area contributed by atoms with Gasteiger partial charge in [0.05, 0.1) is 18.9 Å². The number of methoxy groups -OCH3 is 1. The van der Waals surface area contributed by atoms with Crippen LogP contribution >= 0.6 is 0 Å². The van der Waals surface area contributed by atoms with Crippen molar-refractivity contribution < 1.29 is 18.7 Å². The molecule has 1 aliphatic heterocycles. The van der Waals surface area contributed by atoms with Crippen molar-refractivity contribution in [1.82, 2.24) is 19.9 Å². The van der Waals surface area contributed by atoms with Gasteiger partial charge in [0.2, 0.25) is 11.9 Å². The van der Waals surface area contributed by atoms with Gasteiger partial charge in [0.15, 0.2) is 0 Å². The van der Waals surface area contributed by atoms with Crippen molar-refractivity contribution in [2.24, 2.45) is 0 Å². The van der Waals surface area contributed by atoms with Gasteiger partial charge in [-0.05, 0) is 48.5 Å². The predicted molar refractivity (Wildman–Crippen MR) is 140 cm³/mol. The Morgan fingerprint density at radius 2 is 1.89 bits per heavy atom. The molecule has 37 heavy (non-hydrogen) atoms. The number of aromatic amines is 1. The second kappa shape index (κ2) is 11.4. The van der Waals surface area contributed by atoms with Crippen LogP contribution in [-0.2, 0) is 14.3 Å². The summed E-state index contributed by atoms with van der Waals surface area (Å²) < 4.78 is 24.1. The topological polar surface area (TPSA) is 95.6 Å². The van der Waals surface area contributed by atoms with Crippen molar-refractivity contribution in [3.05, 3.63) is 66.7 Å². The van der Waals surface area contributed by atoms with Crippen LogP contribution in [0, 0.1) is 5.82 Å². The number of piperazine rings is 1. The van der Waals surface area contributed by atoms with Crippen LogP contribution in [0.5, 0.6) is 0 Å². The molecule has 1 saturated heterocycles. The van der Waals surface area contributed by atoms with Gasteiger partial charge in [-0.25, -0.2) is 14.4 Å². The molecule has 10 heteroatoms. The Labute approximate surface area is 214 Å². The highest BCUT2D eigenvalue weighted by Crippen LogP contribution is 2.29. The van der Waals surface area contributed by atoms with Crippen LogP contribution in [0.1, 0.15) is 0 Å². The zero-order chi connectivity index (χ0) is 25.6. The molecular weight excluding hydrogens is 475 g/mol. The molecule has 1 amide bonds. The number of amides is 1. The lowest BCUT2D eigenvalue weighted by molar-refractivity contribution is -0.136. The van der Waals surface area contributed by atoms with Crippen molar-refractivity contribution in [2.45, 2.75) is 0 Å². The molecular formula is C27H29FN6O3. The van der Waals surface area contributed by atoms with Crippen LogP contribution in [0.25, 0.3) is 22.2 Å². The molecule has 0 unspecified atom stereocenters. The average molecular weight is 505 g/mol. The second-order valence-electron chi connectivity index (χ2n) is 8.74. The second-order valence-corrected chi connectivity index (χ2v) is 8.74. The van der Waals surface area contributed by atoms with E-state index < -0.39 is 0 Å². The van der Waals surface area contributed by atoms with Gasteiger partial charge < -0.3 is 29.6 Å². The van der Waals surface area contributed by atoms with Crippen LogP contribution in [0.2, 0.25) is 0 Å². The number of carbonyl (C=O) groups is 1. The molecule has 0 atom stereocenters. The number of nitrogens with one attached hydrogen (secondary N) is 2. The van der Waals surface area contributed by atoms with Gasteiger partial charge in [-0.3, -0.25) is 4.79 Å². The predicted octanol–water partition coefficient (Wildman–Crippen LogP) is 3.82. The molecule has 0 bridgehead atoms. The van der Waals surface area contributed by atoms with Gasteiger partial charge in [0, 0.05) is 73.5 Å². The number of ether oxygens (including phenoxy) is 2. The summed E-state index contributed by atoms with van der Waals surface area (Å²) >= 11 is 0. The van der Waals surface area contributed by atoms with E-state index >= 15 is 0 Å². The van der Waals surface area contributed by atoms with E-state index in [0.717, 1.165) is 40.9 Å². The number of H-pyrrole nitrogens is 1. The van der Waals surface area contributed by atoms with Gasteiger partial charge in [0.25, 0.3) is 0 Å². The van der Waals surface area contributed by atoms with Gasteiger partial charge in [-0.15, -0.1) is 0 Å². The monoisotopic (exact) mass is 504 g/mol. The summed E-state index contributed by atoms with van der Waals surface area (Å²) in [6.45, 7) is 3.81. The van der Waals surface area contributed by atoms with Crippen molar-refractivity contribution in [3.8, 4) is 11.3 Å². The van der Waals surface area contributed by atoms with E-state index in [1.807, 2.05) is 35.4 Å². The fourth-order valence-corrected chi connectivity index (χ4v) is 4.37. The summed E-state index contributed by atoms with van der Waals surface area (Å²) in [4.78, 5) is 28.5. The number of aromatic nitrogens is 3. The fourth-order valence-electron chi connectivity index (χ4n) is 4.37. The Morgan fingerprint density at radius 1 is 1.08 bits per heavy atom. The van der Waals surface area contributed by atoms with E-state index in [1.54, 1.807) is 25.4 Å². The normalized spacial score (nSPS) is 13.8. The molecule has 5 rings (SSSR count). The number of fused-ring (bicyclic) bond motifs is 1. The minimum Gasteiger partial charge on any atom is -0.382 e. The molecule has 0 aliphatic carbocycles. The molecule has 0 saturated carbocycles. The summed E-state index contributed by atoms with van der Waals surface area (Å²) in [5.74, 6) is 0.173. The first-order valence-electron chi connectivity index (χ1n) is 12.2. The summed E-state index contributed by atoms with van der Waals surface area (Å²) in [5, 5.41) is 4.02. The zero-order valence-electron chi connectivity index (χ0n) is 20.6. The summed E-state index contributed by atoms with van der Waals surface area (Å²) in [6.07, 6.45) is 3.51. The third kappa shape index (κ3) is 5.87. The van der Waals surface area contributed by atoms with E-state index in [0.29, 0.717) is 37.9 Å². The molecule has 0 radical (unpaired) electrons. The molecule has 4 aromatic rings. The fraction of sp³-hybridized carbons (Fsp3) is 0.296. The molecule has 0 spiro atoms. The highest BCUT2D eigenvalue weighted by atomic mass is 19.1. The molecule has 1 aliphatic rings. The lowest BCUT2D eigenvalue weighted by Gasteiger charge is -2.36. The third-order valence-corrected chi connectivity index (χ3v) is 6.35. The van der Waals surface area contributed by atoms with Crippen LogP contribution in [0.3, 0.4) is 0 Å². The van der Waals surface area contributed by atoms with Crippen molar-refractivity contribution in [2.75, 3.05) is 63.3 Å². The number of nitrogens with zero attached hydrogens (tertiary/aromatic N) is 4. The number of halogens is 1. The number of hydrogen-bond donors (Lipinski definition) is 2. The van der Waals surface area contributed by atoms with Gasteiger partial charge in [0.1, 0.15) is 12.4 Å². The summed E-state index contributed by atoms with van der Waals surface area (Å²) in [5.41, 5.74) is 4.30. The number of hydrogen-bond acceptors (Lipinski definition) is 7. The molecule has 2 aromatic carbocycles. The maximum absolute atomic E-state index is 13.8. The van der Waals surface area contributed by atoms with E-state index in [1.165, 1.54) is 12.1 Å². The Kier molecular flexibility index (Phi) is 7.57. The molecule has 1 fully saturated rings. The van der Waals surface area contributed by atoms with E-state index in [4.69, 9.17) is 9.47 Å². The number of benzene rings is 2. The number of carbonyl (C=O) groups excluding carboxylic acids is 1. The highest BCUT2D eigenvalue weighted by molar-refractivity contribution is 5.94. The quantitative estimate of drug-likeness (QED) is 0.335.